The molecule has 0 bridgehead atoms. The van der Waals surface area contributed by atoms with Crippen molar-refractivity contribution in [3.8, 4) is 0 Å². The lowest BCUT2D eigenvalue weighted by Gasteiger charge is -2.20. The number of nitrogens with one attached hydrogen (secondary N) is 1. The number of hydrogen-bond acceptors (Lipinski definition) is 6. The van der Waals surface area contributed by atoms with Gasteiger partial charge in [0.05, 0.1) is 24.0 Å². The second-order valence-electron chi connectivity index (χ2n) is 8.07. The average Bonchev–Trinajstić information content (AvgIpc) is 3.03. The minimum atomic E-state index is -1.42. The number of benzene rings is 2. The van der Waals surface area contributed by atoms with Gasteiger partial charge in [0.1, 0.15) is 16.9 Å². The topological polar surface area (TPSA) is 113 Å². The van der Waals surface area contributed by atoms with Crippen LogP contribution < -0.4 is 16.0 Å². The van der Waals surface area contributed by atoms with Gasteiger partial charge in [-0.25, -0.2) is 4.79 Å². The van der Waals surface area contributed by atoms with Gasteiger partial charge >= 0.3 is 5.63 Å². The minimum Gasteiger partial charge on any atom is -0.548 e. The largest absolute Gasteiger partial charge is 0.548 e. The van der Waals surface area contributed by atoms with Gasteiger partial charge in [-0.2, -0.15) is 0 Å². The molecule has 0 aliphatic carbocycles. The Morgan fingerprint density at radius 3 is 2.30 bits per heavy atom. The number of aryl methyl sites for hydroxylation is 3. The fourth-order valence-corrected chi connectivity index (χ4v) is 4.01. The zero-order valence-electron chi connectivity index (χ0n) is 18.3. The van der Waals surface area contributed by atoms with E-state index in [2.05, 4.69) is 5.32 Å². The van der Waals surface area contributed by atoms with E-state index in [0.717, 1.165) is 16.7 Å². The van der Waals surface area contributed by atoms with Crippen molar-refractivity contribution >= 4 is 45.4 Å². The highest BCUT2D eigenvalue weighted by molar-refractivity contribution is 6.30. The molecule has 0 radical (unpaired) electrons. The number of carbonyl (C=O) groups is 2. The van der Waals surface area contributed by atoms with Crippen molar-refractivity contribution in [2.75, 3.05) is 0 Å². The number of carboxylic acid groups (broad SMARTS) is 1. The van der Waals surface area contributed by atoms with E-state index >= 15 is 0 Å². The summed E-state index contributed by atoms with van der Waals surface area (Å²) in [6.07, 6.45) is -0.302. The third kappa shape index (κ3) is 4.50. The third-order valence-corrected chi connectivity index (χ3v) is 6.14. The van der Waals surface area contributed by atoms with Crippen molar-refractivity contribution in [1.29, 1.82) is 0 Å². The Balaban J connectivity index is 1.61. The molecule has 7 nitrogen and oxygen atoms in total. The SMILES string of the molecule is Cc1oc2cc3oc(=O)c(CC(=O)N[C@@H](Cc4ccc(Cl)cc4)C(=O)[O-])c(C)c3cc2c1C. The maximum absolute atomic E-state index is 12.7. The molecule has 0 saturated carbocycles. The maximum Gasteiger partial charge on any atom is 0.340 e. The number of fused-ring (bicyclic) bond motifs is 2. The highest BCUT2D eigenvalue weighted by Gasteiger charge is 2.20. The summed E-state index contributed by atoms with van der Waals surface area (Å²) in [5, 5.41) is 16.1. The standard InChI is InChI=1S/C25H22ClNO6/c1-12-14(3)32-21-11-22-18(9-17(12)21)13(2)19(25(31)33-22)10-23(28)27-20(24(29)30)8-15-4-6-16(26)7-5-15/h4-7,9,11,20H,8,10H2,1-3H3,(H,27,28)(H,29,30)/p-1/t20-/m0/s1. The molecule has 2 aromatic carbocycles. The van der Waals surface area contributed by atoms with Crippen LogP contribution in [0.5, 0.6) is 0 Å². The Labute approximate surface area is 194 Å². The van der Waals surface area contributed by atoms with Crippen LogP contribution in [0.25, 0.3) is 21.9 Å². The first kappa shape index (κ1) is 22.6. The molecule has 0 spiro atoms. The number of halogens is 1. The normalized spacial score (nSPS) is 12.2. The fourth-order valence-electron chi connectivity index (χ4n) is 3.88. The highest BCUT2D eigenvalue weighted by Crippen LogP contribution is 2.31. The maximum atomic E-state index is 12.7. The van der Waals surface area contributed by atoms with Crippen molar-refractivity contribution in [2.24, 2.45) is 0 Å². The summed E-state index contributed by atoms with van der Waals surface area (Å²) in [5.74, 6) is -1.27. The molecule has 0 unspecified atom stereocenters. The molecule has 2 aromatic heterocycles. The smallest absolute Gasteiger partial charge is 0.340 e. The van der Waals surface area contributed by atoms with Crippen molar-refractivity contribution < 1.29 is 23.5 Å². The van der Waals surface area contributed by atoms with Gasteiger partial charge in [0.15, 0.2) is 0 Å². The number of amides is 1. The van der Waals surface area contributed by atoms with Crippen molar-refractivity contribution in [1.82, 2.24) is 5.32 Å². The second-order valence-corrected chi connectivity index (χ2v) is 8.50. The fraction of sp³-hybridized carbons (Fsp3) is 0.240. The van der Waals surface area contributed by atoms with Crippen LogP contribution in [0.2, 0.25) is 5.02 Å². The molecule has 33 heavy (non-hydrogen) atoms. The first-order valence-corrected chi connectivity index (χ1v) is 10.7. The van der Waals surface area contributed by atoms with E-state index in [1.807, 2.05) is 19.9 Å². The lowest BCUT2D eigenvalue weighted by Crippen LogP contribution is -2.49. The van der Waals surface area contributed by atoms with Gasteiger partial charge < -0.3 is 24.1 Å². The van der Waals surface area contributed by atoms with Gasteiger partial charge in [-0.3, -0.25) is 4.79 Å². The first-order valence-electron chi connectivity index (χ1n) is 10.3. The molecular weight excluding hydrogens is 446 g/mol. The summed E-state index contributed by atoms with van der Waals surface area (Å²) < 4.78 is 11.2. The second kappa shape index (κ2) is 8.75. The molecule has 1 amide bonds. The summed E-state index contributed by atoms with van der Waals surface area (Å²) in [6.45, 7) is 5.53. The Hall–Kier alpha value is -3.58. The van der Waals surface area contributed by atoms with Gasteiger partial charge in [-0.1, -0.05) is 23.7 Å². The summed E-state index contributed by atoms with van der Waals surface area (Å²) in [5.41, 5.74) is 2.74. The summed E-state index contributed by atoms with van der Waals surface area (Å²) in [6, 6.07) is 8.90. The Kier molecular flexibility index (Phi) is 5.99. The lowest BCUT2D eigenvalue weighted by molar-refractivity contribution is -0.308. The molecule has 0 fully saturated rings. The van der Waals surface area contributed by atoms with Gasteiger partial charge in [0.2, 0.25) is 5.91 Å². The van der Waals surface area contributed by atoms with Gasteiger partial charge in [0, 0.05) is 21.9 Å². The zero-order valence-corrected chi connectivity index (χ0v) is 19.0. The number of aliphatic carboxylic acids is 1. The van der Waals surface area contributed by atoms with Crippen LogP contribution in [-0.2, 0) is 22.4 Å². The number of carbonyl (C=O) groups excluding carboxylic acids is 2. The van der Waals surface area contributed by atoms with Crippen LogP contribution in [0.1, 0.15) is 28.0 Å². The highest BCUT2D eigenvalue weighted by atomic mass is 35.5. The molecule has 4 aromatic rings. The Morgan fingerprint density at radius 2 is 1.64 bits per heavy atom. The van der Waals surface area contributed by atoms with Gasteiger partial charge in [0.25, 0.3) is 0 Å². The predicted octanol–water partition coefficient (Wildman–Crippen LogP) is 3.14. The van der Waals surface area contributed by atoms with Crippen LogP contribution >= 0.6 is 11.6 Å². The van der Waals surface area contributed by atoms with Crippen molar-refractivity contribution in [3.63, 3.8) is 0 Å². The molecule has 8 heteroatoms. The zero-order chi connectivity index (χ0) is 23.9. The van der Waals surface area contributed by atoms with Crippen molar-refractivity contribution in [2.45, 2.75) is 39.7 Å². The van der Waals surface area contributed by atoms with E-state index in [9.17, 15) is 19.5 Å². The predicted molar refractivity (Wildman–Crippen MR) is 122 cm³/mol. The van der Waals surface area contributed by atoms with E-state index in [-0.39, 0.29) is 18.4 Å². The molecule has 0 aliphatic heterocycles. The summed E-state index contributed by atoms with van der Waals surface area (Å²) in [7, 11) is 0. The molecular formula is C25H21ClNO6-. The molecule has 1 atom stereocenters. The van der Waals surface area contributed by atoms with Gasteiger partial charge in [-0.05, 0) is 62.1 Å². The van der Waals surface area contributed by atoms with Crippen LogP contribution in [0, 0.1) is 20.8 Å². The van der Waals surface area contributed by atoms with Crippen LogP contribution in [0.3, 0.4) is 0 Å². The van der Waals surface area contributed by atoms with E-state index < -0.39 is 23.5 Å². The monoisotopic (exact) mass is 466 g/mol. The molecule has 0 aliphatic rings. The van der Waals surface area contributed by atoms with Gasteiger partial charge in [-0.15, -0.1) is 0 Å². The number of carboxylic acids is 1. The van der Waals surface area contributed by atoms with Crippen LogP contribution in [0.15, 0.2) is 50.0 Å². The van der Waals surface area contributed by atoms with E-state index in [0.29, 0.717) is 32.7 Å². The quantitative estimate of drug-likeness (QED) is 0.437. The summed E-state index contributed by atoms with van der Waals surface area (Å²) in [4.78, 5) is 36.9. The summed E-state index contributed by atoms with van der Waals surface area (Å²) >= 11 is 5.86. The minimum absolute atomic E-state index is 0.0215. The number of hydrogen-bond donors (Lipinski definition) is 1. The lowest BCUT2D eigenvalue weighted by atomic mass is 10.0. The Morgan fingerprint density at radius 1 is 1.00 bits per heavy atom. The van der Waals surface area contributed by atoms with E-state index in [1.54, 1.807) is 37.3 Å². The molecule has 170 valence electrons. The average molecular weight is 467 g/mol. The van der Waals surface area contributed by atoms with E-state index in [4.69, 9.17) is 20.4 Å². The molecule has 2 heterocycles. The van der Waals surface area contributed by atoms with Crippen molar-refractivity contribution in [3.05, 3.63) is 79.9 Å². The third-order valence-electron chi connectivity index (χ3n) is 5.89. The number of rotatable bonds is 6. The molecule has 1 N–H and O–H groups in total. The molecule has 4 rings (SSSR count). The van der Waals surface area contributed by atoms with E-state index in [1.165, 1.54) is 0 Å². The molecule has 0 saturated heterocycles. The van der Waals surface area contributed by atoms with Crippen LogP contribution in [0.4, 0.5) is 0 Å². The Bertz CT molecular complexity index is 1450. The number of furan rings is 1. The van der Waals surface area contributed by atoms with Crippen LogP contribution in [-0.4, -0.2) is 17.9 Å². The first-order chi connectivity index (χ1) is 15.6.